The topological polar surface area (TPSA) is 78.7 Å². The van der Waals surface area contributed by atoms with Gasteiger partial charge in [-0.25, -0.2) is 0 Å². The van der Waals surface area contributed by atoms with Gasteiger partial charge < -0.3 is 9.47 Å². The smallest absolute Gasteiger partial charge is 0.311 e. The van der Waals surface area contributed by atoms with Crippen LogP contribution in [0.3, 0.4) is 0 Å². The van der Waals surface area contributed by atoms with Gasteiger partial charge in [-0.1, -0.05) is 12.2 Å². The first-order valence-electron chi connectivity index (χ1n) is 8.07. The molecule has 0 unspecified atom stereocenters. The van der Waals surface area contributed by atoms with E-state index in [-0.39, 0.29) is 35.7 Å². The second kappa shape index (κ2) is 7.57. The van der Waals surface area contributed by atoms with E-state index >= 15 is 0 Å². The summed E-state index contributed by atoms with van der Waals surface area (Å²) >= 11 is 0. The molecule has 1 aliphatic rings. The fourth-order valence-corrected chi connectivity index (χ4v) is 3.10. The number of nitro benzene ring substituents is 1. The Morgan fingerprint density at radius 1 is 1.38 bits per heavy atom. The highest BCUT2D eigenvalue weighted by molar-refractivity contribution is 5.73. The molecule has 0 radical (unpaired) electrons. The lowest BCUT2D eigenvalue weighted by molar-refractivity contribution is -0.384. The number of non-ortho nitro benzene ring substituents is 1. The SMILES string of the molecule is C=C(C)[C@@H]1C[C@@H](C(=O)OCC)[C@@H](C)O[C@H]1c1ccc([N+](=O)[O-])cc1. The van der Waals surface area contributed by atoms with Gasteiger partial charge in [0.05, 0.1) is 29.7 Å². The molecule has 0 saturated carbocycles. The van der Waals surface area contributed by atoms with E-state index in [2.05, 4.69) is 6.58 Å². The molecule has 1 aromatic rings. The largest absolute Gasteiger partial charge is 0.466 e. The third-order valence-electron chi connectivity index (χ3n) is 4.46. The summed E-state index contributed by atoms with van der Waals surface area (Å²) in [6.07, 6.45) is 0.0283. The quantitative estimate of drug-likeness (QED) is 0.354. The molecule has 1 aromatic carbocycles. The van der Waals surface area contributed by atoms with Crippen LogP contribution >= 0.6 is 0 Å². The fraction of sp³-hybridized carbons (Fsp3) is 0.500. The molecule has 0 aromatic heterocycles. The van der Waals surface area contributed by atoms with E-state index in [9.17, 15) is 14.9 Å². The predicted octanol–water partition coefficient (Wildman–Crippen LogP) is 3.82. The maximum atomic E-state index is 12.1. The van der Waals surface area contributed by atoms with Crippen LogP contribution < -0.4 is 0 Å². The summed E-state index contributed by atoms with van der Waals surface area (Å²) in [5, 5.41) is 10.8. The van der Waals surface area contributed by atoms with Crippen LogP contribution in [0, 0.1) is 22.0 Å². The number of hydrogen-bond donors (Lipinski definition) is 0. The van der Waals surface area contributed by atoms with Crippen LogP contribution in [0.15, 0.2) is 36.4 Å². The van der Waals surface area contributed by atoms with Crippen molar-refractivity contribution in [3.05, 3.63) is 52.1 Å². The Bertz CT molecular complexity index is 625. The summed E-state index contributed by atoms with van der Waals surface area (Å²) in [6, 6.07) is 6.35. The Balaban J connectivity index is 2.25. The normalized spacial score (nSPS) is 26.6. The molecule has 1 heterocycles. The van der Waals surface area contributed by atoms with Crippen LogP contribution in [0.4, 0.5) is 5.69 Å². The van der Waals surface area contributed by atoms with Crippen molar-refractivity contribution in [2.75, 3.05) is 6.61 Å². The second-order valence-corrected chi connectivity index (χ2v) is 6.16. The number of ether oxygens (including phenoxy) is 2. The summed E-state index contributed by atoms with van der Waals surface area (Å²) in [6.45, 7) is 9.91. The van der Waals surface area contributed by atoms with E-state index in [0.717, 1.165) is 11.1 Å². The summed E-state index contributed by atoms with van der Waals surface area (Å²) < 4.78 is 11.2. The summed E-state index contributed by atoms with van der Waals surface area (Å²) in [5.74, 6) is -0.628. The van der Waals surface area contributed by atoms with Crippen LogP contribution in [0.1, 0.15) is 38.9 Å². The average Bonchev–Trinajstić information content (AvgIpc) is 2.54. The van der Waals surface area contributed by atoms with Crippen molar-refractivity contribution in [2.24, 2.45) is 11.8 Å². The molecule has 2 rings (SSSR count). The molecule has 0 spiro atoms. The zero-order valence-electron chi connectivity index (χ0n) is 14.2. The highest BCUT2D eigenvalue weighted by Crippen LogP contribution is 2.43. The molecule has 1 aliphatic heterocycles. The van der Waals surface area contributed by atoms with Gasteiger partial charge in [-0.3, -0.25) is 14.9 Å². The molecule has 0 amide bonds. The van der Waals surface area contributed by atoms with Crippen molar-refractivity contribution in [1.29, 1.82) is 0 Å². The third-order valence-corrected chi connectivity index (χ3v) is 4.46. The number of nitrogens with zero attached hydrogens (tertiary/aromatic N) is 1. The standard InChI is InChI=1S/C18H23NO5/c1-5-23-18(20)16-10-15(11(2)3)17(24-12(16)4)13-6-8-14(9-7-13)19(21)22/h6-9,12,15-17H,2,5,10H2,1,3-4H3/t12-,15+,16-,17+/m1/s1. The Kier molecular flexibility index (Phi) is 5.72. The average molecular weight is 333 g/mol. The van der Waals surface area contributed by atoms with Gasteiger partial charge in [-0.05, 0) is 44.9 Å². The number of benzene rings is 1. The van der Waals surface area contributed by atoms with E-state index in [4.69, 9.17) is 9.47 Å². The van der Waals surface area contributed by atoms with E-state index in [1.165, 1.54) is 12.1 Å². The number of hydrogen-bond acceptors (Lipinski definition) is 5. The van der Waals surface area contributed by atoms with Crippen molar-refractivity contribution in [2.45, 2.75) is 39.4 Å². The molecule has 6 nitrogen and oxygen atoms in total. The minimum absolute atomic E-state index is 0.0406. The molecule has 1 fully saturated rings. The molecule has 4 atom stereocenters. The molecule has 0 aliphatic carbocycles. The van der Waals surface area contributed by atoms with Gasteiger partial charge in [0, 0.05) is 18.1 Å². The molecule has 24 heavy (non-hydrogen) atoms. The number of carbonyl (C=O) groups excluding carboxylic acids is 1. The Morgan fingerprint density at radius 3 is 2.50 bits per heavy atom. The first-order chi connectivity index (χ1) is 11.3. The van der Waals surface area contributed by atoms with Crippen LogP contribution in [0.5, 0.6) is 0 Å². The minimum atomic E-state index is -0.429. The summed E-state index contributed by atoms with van der Waals surface area (Å²) in [5.41, 5.74) is 1.81. The van der Waals surface area contributed by atoms with Gasteiger partial charge in [-0.15, -0.1) is 0 Å². The van der Waals surface area contributed by atoms with Gasteiger partial charge in [0.15, 0.2) is 0 Å². The first kappa shape index (κ1) is 18.1. The predicted molar refractivity (Wildman–Crippen MR) is 89.4 cm³/mol. The van der Waals surface area contributed by atoms with E-state index in [0.29, 0.717) is 13.0 Å². The molecular weight excluding hydrogens is 310 g/mol. The van der Waals surface area contributed by atoms with E-state index in [1.807, 2.05) is 13.8 Å². The number of esters is 1. The Hall–Kier alpha value is -2.21. The molecule has 0 bridgehead atoms. The molecule has 0 N–H and O–H groups in total. The molecule has 130 valence electrons. The van der Waals surface area contributed by atoms with Crippen LogP contribution in [0.2, 0.25) is 0 Å². The van der Waals surface area contributed by atoms with Crippen molar-refractivity contribution >= 4 is 11.7 Å². The van der Waals surface area contributed by atoms with Crippen molar-refractivity contribution in [1.82, 2.24) is 0 Å². The highest BCUT2D eigenvalue weighted by atomic mass is 16.6. The molecule has 1 saturated heterocycles. The van der Waals surface area contributed by atoms with Crippen LogP contribution in [-0.4, -0.2) is 23.6 Å². The van der Waals surface area contributed by atoms with Crippen LogP contribution in [0.25, 0.3) is 0 Å². The van der Waals surface area contributed by atoms with Gasteiger partial charge in [0.25, 0.3) is 5.69 Å². The first-order valence-corrected chi connectivity index (χ1v) is 8.07. The fourth-order valence-electron chi connectivity index (χ4n) is 3.10. The zero-order chi connectivity index (χ0) is 17.9. The van der Waals surface area contributed by atoms with Crippen molar-refractivity contribution in [3.63, 3.8) is 0 Å². The maximum Gasteiger partial charge on any atom is 0.311 e. The van der Waals surface area contributed by atoms with Crippen molar-refractivity contribution in [3.8, 4) is 0 Å². The monoisotopic (exact) mass is 333 g/mol. The van der Waals surface area contributed by atoms with E-state index in [1.54, 1.807) is 19.1 Å². The van der Waals surface area contributed by atoms with Gasteiger partial charge in [-0.2, -0.15) is 0 Å². The lowest BCUT2D eigenvalue weighted by Gasteiger charge is -2.40. The zero-order valence-corrected chi connectivity index (χ0v) is 14.2. The number of rotatable bonds is 5. The highest BCUT2D eigenvalue weighted by Gasteiger charge is 2.41. The lowest BCUT2D eigenvalue weighted by atomic mass is 9.78. The molecule has 6 heteroatoms. The number of carbonyl (C=O) groups is 1. The summed E-state index contributed by atoms with van der Waals surface area (Å²) in [4.78, 5) is 22.5. The Morgan fingerprint density at radius 2 is 2.00 bits per heavy atom. The minimum Gasteiger partial charge on any atom is -0.466 e. The molecular formula is C18H23NO5. The lowest BCUT2D eigenvalue weighted by Crippen LogP contribution is -2.40. The van der Waals surface area contributed by atoms with E-state index < -0.39 is 4.92 Å². The summed E-state index contributed by atoms with van der Waals surface area (Å²) in [7, 11) is 0. The van der Waals surface area contributed by atoms with Crippen LogP contribution in [-0.2, 0) is 14.3 Å². The maximum absolute atomic E-state index is 12.1. The second-order valence-electron chi connectivity index (χ2n) is 6.16. The Labute approximate surface area is 141 Å². The van der Waals surface area contributed by atoms with Gasteiger partial charge in [0.2, 0.25) is 0 Å². The van der Waals surface area contributed by atoms with Crippen molar-refractivity contribution < 1.29 is 19.2 Å². The van der Waals surface area contributed by atoms with Gasteiger partial charge >= 0.3 is 5.97 Å². The number of nitro groups is 1. The van der Waals surface area contributed by atoms with Gasteiger partial charge in [0.1, 0.15) is 0 Å². The third kappa shape index (κ3) is 3.82.